The monoisotopic (exact) mass is 668 g/mol. The van der Waals surface area contributed by atoms with Gasteiger partial charge < -0.3 is 38.6 Å². The summed E-state index contributed by atoms with van der Waals surface area (Å²) in [6.45, 7) is 1.71. The van der Waals surface area contributed by atoms with Gasteiger partial charge in [0.05, 0.1) is 35.5 Å². The fraction of sp³-hybridized carbons (Fsp3) is 0.385. The predicted molar refractivity (Wildman–Crippen MR) is 186 cm³/mol. The van der Waals surface area contributed by atoms with E-state index < -0.39 is 0 Å². The number of nitrogens with zero attached hydrogens (tertiary/aromatic N) is 2. The number of likely N-dealkylation sites (N-methyl/N-ethyl adjacent to an activating group) is 2. The van der Waals surface area contributed by atoms with Crippen molar-refractivity contribution in [1.82, 2.24) is 9.80 Å². The molecule has 0 aromatic heterocycles. The lowest BCUT2D eigenvalue weighted by atomic mass is 9.75. The third-order valence-corrected chi connectivity index (χ3v) is 10.6. The minimum atomic E-state index is -0.0676. The summed E-state index contributed by atoms with van der Waals surface area (Å²) in [5.74, 6) is 3.48. The van der Waals surface area contributed by atoms with Crippen LogP contribution in [0.15, 0.2) is 42.5 Å². The van der Waals surface area contributed by atoms with Crippen molar-refractivity contribution in [3.63, 3.8) is 0 Å². The normalized spacial score (nSPS) is 18.2. The first-order chi connectivity index (χ1) is 23.7. The number of hydrogen-bond donors (Lipinski definition) is 2. The Morgan fingerprint density at radius 1 is 0.694 bits per heavy atom. The van der Waals surface area contributed by atoms with E-state index in [0.717, 1.165) is 70.8 Å². The van der Waals surface area contributed by atoms with Crippen LogP contribution in [0.5, 0.6) is 51.7 Å². The van der Waals surface area contributed by atoms with E-state index >= 15 is 0 Å². The quantitative estimate of drug-likeness (QED) is 0.207. The fourth-order valence-electron chi connectivity index (χ4n) is 7.96. The molecule has 0 fully saturated rings. The molecule has 2 atom stereocenters. The summed E-state index contributed by atoms with van der Waals surface area (Å²) < 4.78 is 35.0. The molecule has 2 N–H and O–H groups in total. The van der Waals surface area contributed by atoms with Crippen LogP contribution in [0.25, 0.3) is 11.1 Å². The maximum absolute atomic E-state index is 11.5. The first kappa shape index (κ1) is 32.7. The van der Waals surface area contributed by atoms with Crippen LogP contribution >= 0.6 is 0 Å². The molecule has 2 aliphatic heterocycles. The van der Waals surface area contributed by atoms with Gasteiger partial charge in [0.15, 0.2) is 34.5 Å². The Bertz CT molecular complexity index is 1910. The minimum absolute atomic E-state index is 0.0663. The van der Waals surface area contributed by atoms with Gasteiger partial charge in [-0.2, -0.15) is 0 Å². The number of aromatic hydroxyl groups is 2. The zero-order valence-electron chi connectivity index (χ0n) is 29.2. The Labute approximate surface area is 287 Å². The van der Waals surface area contributed by atoms with Gasteiger partial charge in [0.2, 0.25) is 11.5 Å². The summed E-state index contributed by atoms with van der Waals surface area (Å²) >= 11 is 0. The Morgan fingerprint density at radius 3 is 2.04 bits per heavy atom. The van der Waals surface area contributed by atoms with Crippen molar-refractivity contribution in [3.05, 3.63) is 75.8 Å². The van der Waals surface area contributed by atoms with Gasteiger partial charge in [0, 0.05) is 41.9 Å². The molecule has 0 saturated heterocycles. The van der Waals surface area contributed by atoms with Crippen LogP contribution < -0.4 is 28.4 Å². The molecule has 3 aliphatic rings. The van der Waals surface area contributed by atoms with Gasteiger partial charge in [-0.3, -0.25) is 9.80 Å². The van der Waals surface area contributed by atoms with E-state index in [1.807, 2.05) is 18.2 Å². The van der Waals surface area contributed by atoms with E-state index in [4.69, 9.17) is 28.4 Å². The molecular formula is C39H44N2O8. The number of fused-ring (bicyclic) bond motifs is 3. The first-order valence-corrected chi connectivity index (χ1v) is 16.6. The second kappa shape index (κ2) is 12.9. The van der Waals surface area contributed by atoms with Crippen LogP contribution in [0, 0.1) is 0 Å². The average Bonchev–Trinajstić information content (AvgIpc) is 3.12. The Morgan fingerprint density at radius 2 is 1.37 bits per heavy atom. The maximum atomic E-state index is 11.5. The predicted octanol–water partition coefficient (Wildman–Crippen LogP) is 6.46. The van der Waals surface area contributed by atoms with Crippen molar-refractivity contribution >= 4 is 0 Å². The highest BCUT2D eigenvalue weighted by Gasteiger charge is 2.41. The van der Waals surface area contributed by atoms with Gasteiger partial charge >= 0.3 is 0 Å². The Balaban J connectivity index is 1.26. The van der Waals surface area contributed by atoms with E-state index in [9.17, 15) is 10.2 Å². The molecule has 0 spiro atoms. The molecule has 4 aromatic carbocycles. The van der Waals surface area contributed by atoms with Gasteiger partial charge in [-0.15, -0.1) is 0 Å². The molecule has 258 valence electrons. The third-order valence-electron chi connectivity index (χ3n) is 10.6. The first-order valence-electron chi connectivity index (χ1n) is 16.6. The highest BCUT2D eigenvalue weighted by Crippen LogP contribution is 2.60. The summed E-state index contributed by atoms with van der Waals surface area (Å²) in [5, 5.41) is 22.8. The van der Waals surface area contributed by atoms with Crippen LogP contribution in [0.2, 0.25) is 0 Å². The lowest BCUT2D eigenvalue weighted by molar-refractivity contribution is 0.221. The lowest BCUT2D eigenvalue weighted by Gasteiger charge is -2.41. The molecule has 10 nitrogen and oxygen atoms in total. The topological polar surface area (TPSA) is 102 Å². The van der Waals surface area contributed by atoms with Crippen molar-refractivity contribution in [1.29, 1.82) is 0 Å². The molecular weight excluding hydrogens is 624 g/mol. The molecule has 10 heteroatoms. The van der Waals surface area contributed by atoms with Crippen molar-refractivity contribution in [2.75, 3.05) is 62.7 Å². The number of hydrogen-bond acceptors (Lipinski definition) is 10. The van der Waals surface area contributed by atoms with E-state index in [0.29, 0.717) is 35.8 Å². The van der Waals surface area contributed by atoms with E-state index in [2.05, 4.69) is 48.2 Å². The van der Waals surface area contributed by atoms with Crippen LogP contribution in [0.3, 0.4) is 0 Å². The van der Waals surface area contributed by atoms with E-state index in [-0.39, 0.29) is 29.3 Å². The van der Waals surface area contributed by atoms with Gasteiger partial charge in [-0.1, -0.05) is 12.1 Å². The zero-order chi connectivity index (χ0) is 34.6. The highest BCUT2D eigenvalue weighted by atomic mass is 16.5. The van der Waals surface area contributed by atoms with Crippen LogP contribution in [-0.2, 0) is 25.7 Å². The zero-order valence-corrected chi connectivity index (χ0v) is 29.2. The SMILES string of the molecule is COc1cc2c(cc1OC)[C@H](Cc1ccc(Oc3c(O)c(OC)cc4c3C[C@H]3c5c(c(O)c(OC)c(OC)c5-4)CCN3C)cc1)N(C)CC2. The van der Waals surface area contributed by atoms with Gasteiger partial charge in [0.25, 0.3) is 0 Å². The molecule has 1 aliphatic carbocycles. The summed E-state index contributed by atoms with van der Waals surface area (Å²) in [4.78, 5) is 4.65. The van der Waals surface area contributed by atoms with Crippen LogP contribution in [0.4, 0.5) is 0 Å². The van der Waals surface area contributed by atoms with Crippen molar-refractivity contribution in [2.24, 2.45) is 0 Å². The number of rotatable bonds is 9. The molecule has 4 aromatic rings. The minimum Gasteiger partial charge on any atom is -0.504 e. The molecule has 7 rings (SSSR count). The van der Waals surface area contributed by atoms with Gasteiger partial charge in [0.1, 0.15) is 5.75 Å². The van der Waals surface area contributed by atoms with Gasteiger partial charge in [-0.05, 0) is 97.9 Å². The number of benzene rings is 4. The van der Waals surface area contributed by atoms with Crippen LogP contribution in [-0.4, -0.2) is 82.7 Å². The third kappa shape index (κ3) is 5.34. The van der Waals surface area contributed by atoms with E-state index in [1.54, 1.807) is 21.3 Å². The second-order valence-corrected chi connectivity index (χ2v) is 13.0. The van der Waals surface area contributed by atoms with Gasteiger partial charge in [-0.25, -0.2) is 0 Å². The Kier molecular flexibility index (Phi) is 8.62. The summed E-state index contributed by atoms with van der Waals surface area (Å²) in [6.07, 6.45) is 2.99. The number of phenols is 2. The molecule has 0 saturated carbocycles. The Hall–Kier alpha value is -4.80. The standard InChI is InChI=1S/C39H44N2O8/c1-40-14-12-22-17-30(44-3)31(45-4)19-25(22)28(40)16-21-8-10-23(11-9-21)49-37-27-18-29-33-24(13-15-41(29)2)35(42)39(48-7)38(47-6)34(33)26(27)20-32(46-5)36(37)43/h8-11,17,19-20,28-29,42-43H,12-16,18H2,1-7H3/t28-,29-/m0/s1. The molecule has 0 radical (unpaired) electrons. The average molecular weight is 669 g/mol. The van der Waals surface area contributed by atoms with Crippen molar-refractivity contribution in [2.45, 2.75) is 37.8 Å². The molecule has 0 amide bonds. The molecule has 2 heterocycles. The molecule has 0 unspecified atom stereocenters. The molecule has 0 bridgehead atoms. The van der Waals surface area contributed by atoms with Crippen molar-refractivity contribution < 1.29 is 38.6 Å². The largest absolute Gasteiger partial charge is 0.504 e. The fourth-order valence-corrected chi connectivity index (χ4v) is 7.96. The summed E-state index contributed by atoms with van der Waals surface area (Å²) in [5.41, 5.74) is 8.00. The van der Waals surface area contributed by atoms with Crippen LogP contribution in [0.1, 0.15) is 45.5 Å². The smallest absolute Gasteiger partial charge is 0.204 e. The van der Waals surface area contributed by atoms with E-state index in [1.165, 1.54) is 25.3 Å². The maximum Gasteiger partial charge on any atom is 0.204 e. The summed E-state index contributed by atoms with van der Waals surface area (Å²) in [6, 6.07) is 14.2. The summed E-state index contributed by atoms with van der Waals surface area (Å²) in [7, 11) is 12.2. The second-order valence-electron chi connectivity index (χ2n) is 13.0. The molecule has 49 heavy (non-hydrogen) atoms. The lowest BCUT2D eigenvalue weighted by Crippen LogP contribution is -2.36. The van der Waals surface area contributed by atoms with Crippen molar-refractivity contribution in [3.8, 4) is 62.9 Å². The number of ether oxygens (including phenoxy) is 6. The highest BCUT2D eigenvalue weighted by molar-refractivity contribution is 5.89. The number of phenolic OH excluding ortho intramolecular Hbond substituents is 2. The number of methoxy groups -OCH3 is 5.